The Balaban J connectivity index is 1.84. The standard InChI is InChI=1S/C25H24FNO4S/c1-3-14-31-20-11-9-18(10-12-20)21-16-32-24(23(21)25(29)30-4-2)27-22(28)13-8-17-6-5-7-19(26)15-17/h5-13,15-16H,3-4,14H2,1-2H3,(H,27,28)/b13-8+. The van der Waals surface area contributed by atoms with Crippen LogP contribution in [0.15, 0.2) is 60.0 Å². The molecule has 0 atom stereocenters. The maximum atomic E-state index is 13.3. The molecule has 0 aliphatic rings. The van der Waals surface area contributed by atoms with Gasteiger partial charge >= 0.3 is 5.97 Å². The summed E-state index contributed by atoms with van der Waals surface area (Å²) in [4.78, 5) is 25.1. The first-order chi connectivity index (χ1) is 15.5. The summed E-state index contributed by atoms with van der Waals surface area (Å²) < 4.78 is 24.1. The van der Waals surface area contributed by atoms with Crippen LogP contribution < -0.4 is 10.1 Å². The van der Waals surface area contributed by atoms with Crippen molar-refractivity contribution in [2.45, 2.75) is 20.3 Å². The zero-order valence-corrected chi connectivity index (χ0v) is 18.7. The minimum absolute atomic E-state index is 0.213. The number of ether oxygens (including phenoxy) is 2. The Morgan fingerprint density at radius 2 is 1.91 bits per heavy atom. The molecule has 1 aromatic heterocycles. The molecule has 0 fully saturated rings. The Kier molecular flexibility index (Phi) is 8.16. The summed E-state index contributed by atoms with van der Waals surface area (Å²) >= 11 is 1.24. The fraction of sp³-hybridized carbons (Fsp3) is 0.200. The zero-order valence-electron chi connectivity index (χ0n) is 17.9. The van der Waals surface area contributed by atoms with Crippen LogP contribution in [0.25, 0.3) is 17.2 Å². The van der Waals surface area contributed by atoms with Crippen molar-refractivity contribution in [1.82, 2.24) is 0 Å². The molecule has 0 bridgehead atoms. The fourth-order valence-electron chi connectivity index (χ4n) is 2.95. The Bertz CT molecular complexity index is 1110. The molecule has 1 heterocycles. The number of carbonyl (C=O) groups is 2. The van der Waals surface area contributed by atoms with Gasteiger partial charge in [0, 0.05) is 17.0 Å². The lowest BCUT2D eigenvalue weighted by Crippen LogP contribution is -2.12. The molecule has 5 nitrogen and oxygen atoms in total. The third-order valence-electron chi connectivity index (χ3n) is 4.42. The number of hydrogen-bond acceptors (Lipinski definition) is 5. The van der Waals surface area contributed by atoms with Crippen molar-refractivity contribution < 1.29 is 23.5 Å². The van der Waals surface area contributed by atoms with Crippen LogP contribution in [0.1, 0.15) is 36.2 Å². The molecule has 166 valence electrons. The van der Waals surface area contributed by atoms with E-state index >= 15 is 0 Å². The van der Waals surface area contributed by atoms with Crippen molar-refractivity contribution >= 4 is 34.3 Å². The Morgan fingerprint density at radius 3 is 2.59 bits per heavy atom. The number of anilines is 1. The molecule has 0 radical (unpaired) electrons. The van der Waals surface area contributed by atoms with Crippen molar-refractivity contribution in [3.63, 3.8) is 0 Å². The number of nitrogens with one attached hydrogen (secondary N) is 1. The molecule has 0 aliphatic heterocycles. The van der Waals surface area contributed by atoms with E-state index in [4.69, 9.17) is 9.47 Å². The van der Waals surface area contributed by atoms with E-state index in [9.17, 15) is 14.0 Å². The van der Waals surface area contributed by atoms with Gasteiger partial charge in [0.2, 0.25) is 5.91 Å². The molecule has 0 saturated heterocycles. The Labute approximate surface area is 190 Å². The molecule has 0 spiro atoms. The third-order valence-corrected chi connectivity index (χ3v) is 5.32. The van der Waals surface area contributed by atoms with Crippen LogP contribution in [-0.4, -0.2) is 25.1 Å². The minimum atomic E-state index is -0.514. The third kappa shape index (κ3) is 6.04. The molecule has 1 N–H and O–H groups in total. The van der Waals surface area contributed by atoms with E-state index in [1.165, 1.54) is 35.6 Å². The van der Waals surface area contributed by atoms with Gasteiger partial charge in [-0.25, -0.2) is 9.18 Å². The molecule has 1 amide bonds. The monoisotopic (exact) mass is 453 g/mol. The summed E-state index contributed by atoms with van der Waals surface area (Å²) in [5.74, 6) is -0.582. The summed E-state index contributed by atoms with van der Waals surface area (Å²) in [6, 6.07) is 13.3. The van der Waals surface area contributed by atoms with Crippen LogP contribution in [0.3, 0.4) is 0 Å². The second-order valence-corrected chi connectivity index (χ2v) is 7.70. The maximum Gasteiger partial charge on any atom is 0.341 e. The number of benzene rings is 2. The van der Waals surface area contributed by atoms with Crippen molar-refractivity contribution in [3.8, 4) is 16.9 Å². The fourth-order valence-corrected chi connectivity index (χ4v) is 3.91. The van der Waals surface area contributed by atoms with Gasteiger partial charge in [0.05, 0.1) is 13.2 Å². The number of thiophene rings is 1. The van der Waals surface area contributed by atoms with Gasteiger partial charge in [-0.3, -0.25) is 4.79 Å². The molecule has 0 saturated carbocycles. The highest BCUT2D eigenvalue weighted by Crippen LogP contribution is 2.37. The first-order valence-corrected chi connectivity index (χ1v) is 11.2. The molecule has 2 aromatic carbocycles. The predicted molar refractivity (Wildman–Crippen MR) is 126 cm³/mol. The van der Waals surface area contributed by atoms with Gasteiger partial charge in [0.25, 0.3) is 0 Å². The Hall–Kier alpha value is -3.45. The van der Waals surface area contributed by atoms with Crippen LogP contribution in [0, 0.1) is 5.82 Å². The van der Waals surface area contributed by atoms with Crippen molar-refractivity contribution in [2.24, 2.45) is 0 Å². The van der Waals surface area contributed by atoms with Crippen LogP contribution in [0.4, 0.5) is 9.39 Å². The smallest absolute Gasteiger partial charge is 0.341 e. The van der Waals surface area contributed by atoms with Crippen LogP contribution >= 0.6 is 11.3 Å². The van der Waals surface area contributed by atoms with Crippen molar-refractivity contribution in [2.75, 3.05) is 18.5 Å². The lowest BCUT2D eigenvalue weighted by molar-refractivity contribution is -0.111. The van der Waals surface area contributed by atoms with Gasteiger partial charge in [0.15, 0.2) is 0 Å². The van der Waals surface area contributed by atoms with Crippen molar-refractivity contribution in [1.29, 1.82) is 0 Å². The molecule has 0 aliphatic carbocycles. The first-order valence-electron chi connectivity index (χ1n) is 10.3. The van der Waals surface area contributed by atoms with E-state index in [-0.39, 0.29) is 12.4 Å². The summed E-state index contributed by atoms with van der Waals surface area (Å²) in [5, 5.41) is 4.93. The lowest BCUT2D eigenvalue weighted by atomic mass is 10.0. The summed E-state index contributed by atoms with van der Waals surface area (Å²) in [6.45, 7) is 4.61. The second kappa shape index (κ2) is 11.2. The quantitative estimate of drug-likeness (QED) is 0.311. The van der Waals surface area contributed by atoms with Crippen molar-refractivity contribution in [3.05, 3.63) is 76.9 Å². The highest BCUT2D eigenvalue weighted by molar-refractivity contribution is 7.15. The van der Waals surface area contributed by atoms with Gasteiger partial charge < -0.3 is 14.8 Å². The average Bonchev–Trinajstić information content (AvgIpc) is 3.20. The van der Waals surface area contributed by atoms with Gasteiger partial charge in [-0.05, 0) is 54.8 Å². The normalized spacial score (nSPS) is 10.8. The van der Waals surface area contributed by atoms with E-state index in [0.717, 1.165) is 17.7 Å². The van der Waals surface area contributed by atoms with E-state index in [0.29, 0.717) is 28.3 Å². The molecule has 0 unspecified atom stereocenters. The number of esters is 1. The molecule has 3 rings (SSSR count). The predicted octanol–water partition coefficient (Wildman–Crippen LogP) is 6.17. The maximum absolute atomic E-state index is 13.3. The Morgan fingerprint density at radius 1 is 1.12 bits per heavy atom. The average molecular weight is 454 g/mol. The van der Waals surface area contributed by atoms with Gasteiger partial charge in [-0.1, -0.05) is 31.2 Å². The van der Waals surface area contributed by atoms with Crippen LogP contribution in [0.2, 0.25) is 0 Å². The second-order valence-electron chi connectivity index (χ2n) is 6.82. The van der Waals surface area contributed by atoms with E-state index < -0.39 is 11.9 Å². The molecular weight excluding hydrogens is 429 g/mol. The van der Waals surface area contributed by atoms with Gasteiger partial charge in [0.1, 0.15) is 22.1 Å². The summed E-state index contributed by atoms with van der Waals surface area (Å²) in [7, 11) is 0. The topological polar surface area (TPSA) is 64.6 Å². The molecular formula is C25H24FNO4S. The first kappa shape index (κ1) is 23.2. The summed E-state index contributed by atoms with van der Waals surface area (Å²) in [6.07, 6.45) is 3.71. The van der Waals surface area contributed by atoms with Crippen LogP contribution in [0.5, 0.6) is 5.75 Å². The molecule has 3 aromatic rings. The minimum Gasteiger partial charge on any atom is -0.494 e. The number of rotatable bonds is 9. The van der Waals surface area contributed by atoms with E-state index in [2.05, 4.69) is 5.32 Å². The largest absolute Gasteiger partial charge is 0.494 e. The number of hydrogen-bond donors (Lipinski definition) is 1. The lowest BCUT2D eigenvalue weighted by Gasteiger charge is -2.09. The highest BCUT2D eigenvalue weighted by Gasteiger charge is 2.22. The molecule has 32 heavy (non-hydrogen) atoms. The summed E-state index contributed by atoms with van der Waals surface area (Å²) in [5.41, 5.74) is 2.33. The number of amides is 1. The van der Waals surface area contributed by atoms with Gasteiger partial charge in [-0.2, -0.15) is 0 Å². The number of carbonyl (C=O) groups excluding carboxylic acids is 2. The van der Waals surface area contributed by atoms with E-state index in [1.54, 1.807) is 24.4 Å². The van der Waals surface area contributed by atoms with Crippen LogP contribution in [-0.2, 0) is 9.53 Å². The van der Waals surface area contributed by atoms with E-state index in [1.807, 2.05) is 31.2 Å². The molecule has 7 heteroatoms. The highest BCUT2D eigenvalue weighted by atomic mass is 32.1. The number of halogens is 1. The zero-order chi connectivity index (χ0) is 22.9. The van der Waals surface area contributed by atoms with Gasteiger partial charge in [-0.15, -0.1) is 11.3 Å². The SMILES string of the molecule is CCCOc1ccc(-c2csc(NC(=O)/C=C/c3cccc(F)c3)c2C(=O)OCC)cc1.